The van der Waals surface area contributed by atoms with Crippen molar-refractivity contribution in [2.24, 2.45) is 35.5 Å². The van der Waals surface area contributed by atoms with Crippen LogP contribution in [0.4, 0.5) is 0 Å². The first kappa shape index (κ1) is 114. The molecule has 2 unspecified atom stereocenters. The van der Waals surface area contributed by atoms with E-state index in [0.29, 0.717) is 50.6 Å². The zero-order valence-corrected chi connectivity index (χ0v) is 90.5. The number of fused-ring (bicyclic) bond motifs is 3. The molecule has 0 aromatic heterocycles. The fourth-order valence-electron chi connectivity index (χ4n) is 14.3. The van der Waals surface area contributed by atoms with Crippen molar-refractivity contribution in [1.82, 2.24) is 0 Å². The van der Waals surface area contributed by atoms with Crippen molar-refractivity contribution in [2.45, 2.75) is 258 Å². The molecule has 0 saturated carbocycles. The van der Waals surface area contributed by atoms with E-state index in [4.69, 9.17) is 84.0 Å². The van der Waals surface area contributed by atoms with Gasteiger partial charge >= 0.3 is 41.5 Å². The number of benzene rings is 4. The van der Waals surface area contributed by atoms with Crippen molar-refractivity contribution >= 4 is 233 Å². The van der Waals surface area contributed by atoms with Crippen LogP contribution in [0.5, 0.6) is 11.5 Å². The molecule has 11 rings (SSSR count). The summed E-state index contributed by atoms with van der Waals surface area (Å²) in [7, 11) is 39.6. The summed E-state index contributed by atoms with van der Waals surface area (Å²) in [5.74, 6) is 0.813. The van der Waals surface area contributed by atoms with E-state index in [1.165, 1.54) is 36.7 Å². The Labute approximate surface area is 820 Å². The Kier molecular flexibility index (Phi) is 61.4. The fourth-order valence-corrected chi connectivity index (χ4v) is 66.5. The van der Waals surface area contributed by atoms with Crippen molar-refractivity contribution in [3.05, 3.63) is 144 Å². The van der Waals surface area contributed by atoms with Crippen molar-refractivity contribution in [1.29, 1.82) is 0 Å². The maximum atomic E-state index is 13.3. The van der Waals surface area contributed by atoms with Gasteiger partial charge in [0, 0.05) is 280 Å². The number of methoxy groups -OCH3 is 2. The summed E-state index contributed by atoms with van der Waals surface area (Å²) >= 11 is 9.54. The average Bonchev–Trinajstić information content (AvgIpc) is 1.20. The summed E-state index contributed by atoms with van der Waals surface area (Å²) in [4.78, 5) is 46.5. The molecule has 4 aromatic carbocycles. The van der Waals surface area contributed by atoms with Gasteiger partial charge in [-0.3, -0.25) is 9.59 Å². The molecule has 7 fully saturated rings. The fraction of sp³-hybridized carbons (Fsp3) is 0.625. The summed E-state index contributed by atoms with van der Waals surface area (Å²) in [5, 5.41) is 21.9. The van der Waals surface area contributed by atoms with Gasteiger partial charge in [0.2, 0.25) is 0 Å². The summed E-state index contributed by atoms with van der Waals surface area (Å²) in [6.45, 7) is 20.2. The number of aliphatic hydroxyl groups excluding tert-OH is 2. The van der Waals surface area contributed by atoms with E-state index >= 15 is 0 Å². The van der Waals surface area contributed by atoms with Crippen LogP contribution in [-0.4, -0.2) is 147 Å². The van der Waals surface area contributed by atoms with Crippen LogP contribution in [0.2, 0.25) is 0 Å². The second-order valence-electron chi connectivity index (χ2n) is 29.3. The number of Topliss-reactive ketones (excluding diaryl/α,β-unsaturated/α-hetero) is 1. The Bertz CT molecular complexity index is 4830. The molecule has 0 aliphatic carbocycles. The van der Waals surface area contributed by atoms with E-state index in [0.717, 1.165) is 79.1 Å². The van der Waals surface area contributed by atoms with E-state index in [1.54, 1.807) is 162 Å². The van der Waals surface area contributed by atoms with E-state index in [2.05, 4.69) is 41.5 Å². The Morgan fingerprint density at radius 2 is 0.984 bits per heavy atom. The van der Waals surface area contributed by atoms with Gasteiger partial charge in [0.25, 0.3) is 0 Å². The molecular formula is C80H115NaO19S23. The smallest absolute Gasteiger partial charge is 1.00 e. The van der Waals surface area contributed by atoms with Crippen molar-refractivity contribution in [3.63, 3.8) is 0 Å². The monoisotopic (exact) mass is 2140 g/mol. The quantitative estimate of drug-likeness (QED) is 0.0196. The number of aldehydes is 1. The van der Waals surface area contributed by atoms with Crippen LogP contribution >= 0.6 is 0 Å². The average molecular weight is 2140 g/mol. The number of hydrogen-bond donors (Lipinski definition) is 2. The van der Waals surface area contributed by atoms with E-state index in [1.807, 2.05) is 150 Å². The zero-order valence-electron chi connectivity index (χ0n) is 70.8. The van der Waals surface area contributed by atoms with Crippen molar-refractivity contribution < 1.29 is 122 Å². The van der Waals surface area contributed by atoms with Crippen LogP contribution in [0.15, 0.2) is 121 Å². The van der Waals surface area contributed by atoms with Crippen LogP contribution in [0.25, 0.3) is 0 Å². The molecule has 0 amide bonds. The van der Waals surface area contributed by atoms with Gasteiger partial charge in [-0.15, -0.1) is 0 Å². The van der Waals surface area contributed by atoms with E-state index < -0.39 is 48.4 Å². The van der Waals surface area contributed by atoms with Crippen molar-refractivity contribution in [2.75, 3.05) is 27.4 Å². The van der Waals surface area contributed by atoms with Gasteiger partial charge in [-0.1, -0.05) is 161 Å². The molecule has 7 aliphatic heterocycles. The molecule has 0 bridgehead atoms. The number of aliphatic hydroxyl groups is 2. The molecule has 20 atom stereocenters. The van der Waals surface area contributed by atoms with Crippen LogP contribution in [0, 0.1) is 35.5 Å². The van der Waals surface area contributed by atoms with Gasteiger partial charge in [-0.25, -0.2) is 4.79 Å². The van der Waals surface area contributed by atoms with Gasteiger partial charge in [-0.2, -0.15) is 0 Å². The molecule has 0 radical (unpaired) electrons. The summed E-state index contributed by atoms with van der Waals surface area (Å²) in [5.41, 5.74) is 3.79. The molecule has 4 aromatic rings. The first-order valence-electron chi connectivity index (χ1n) is 39.4. The third-order valence-corrected chi connectivity index (χ3v) is 65.1. The molecule has 7 aliphatic rings. The molecule has 688 valence electrons. The largest absolute Gasteiger partial charge is 1.00 e. The molecule has 1 spiro atoms. The van der Waals surface area contributed by atoms with Gasteiger partial charge in [0.1, 0.15) is 49.3 Å². The summed E-state index contributed by atoms with van der Waals surface area (Å²) < 4.78 is 76.4. The van der Waals surface area contributed by atoms with Gasteiger partial charge in [-0.05, 0) is 101 Å². The number of carbonyl (C=O) groups is 4. The number of ether oxygens (including phenoxy) is 13. The zero-order chi connectivity index (χ0) is 87.0. The molecular weight excluding hydrogens is 2030 g/mol. The number of carbonyl (C=O) groups excluding carboxylic acids is 4. The topological polar surface area (TPSA) is 229 Å². The van der Waals surface area contributed by atoms with Gasteiger partial charge in [0.05, 0.1) is 94.6 Å². The standard InChI is InChI=1S/C37H50O8.C28H42O7.C10H10O3.C4H8O.CH4.Na.S23.H/c1-6-24(2)33-21-35-34(44-33)20-31(39)37(45-35)26(4)19-29(38)18-25(3)32(42-22-28-12-14-30(41-5)15-13-28)16-17-36(40)43-23-27-10-8-7-9-11-27;1-6-16(2)21-11-23-22(32-21)12-24-25(33-23)17(3)13-28(34-24)14-18(4)26(27(29)35-28)31-15-19-7-9-20(30-5)10-8-19;11-7-6-10(12)13-8-9-4-2-1-3-5-9;1-2-4-5-3-1;;;1-3-5-7-9-11-13-15-17-19-21-23-22-20-18-16-14-12-10-8-6-4-2;/h7-17,24-26,31-35,37,39H,6,18-23H2,1-5H3;7-10,16-18,21-27,29H,6,11-15H2,1-5H3;1-5,7H,6,8H2;1-4H2;1H4;;;/q;;;;;+1;;-1/b17-16+;;;;;;;/t24-,25-,26-,31-,32+,33-,34+,35+,37-;16-,17-,18-,21-,22+,23+,24-,25-,26-,27?,28?;;;;;;/m00....../s1. The van der Waals surface area contributed by atoms with Crippen LogP contribution in [0.1, 0.15) is 170 Å². The number of esters is 2. The third-order valence-electron chi connectivity index (χ3n) is 20.7. The van der Waals surface area contributed by atoms with Crippen LogP contribution < -0.4 is 39.0 Å². The predicted molar refractivity (Wildman–Crippen MR) is 546 cm³/mol. The first-order chi connectivity index (χ1) is 58.7. The van der Waals surface area contributed by atoms with E-state index in [9.17, 15) is 29.4 Å². The molecule has 2 N–H and O–H groups in total. The molecule has 7 saturated heterocycles. The maximum absolute atomic E-state index is 13.3. The Morgan fingerprint density at radius 3 is 1.44 bits per heavy atom. The Hall–Kier alpha value is 0.120. The normalized spacial score (nSPS) is 25.3. The minimum absolute atomic E-state index is 0. The molecule has 7 heterocycles. The van der Waals surface area contributed by atoms with E-state index in [-0.39, 0.29) is 149 Å². The second kappa shape index (κ2) is 66.5. The summed E-state index contributed by atoms with van der Waals surface area (Å²) in [6.07, 6.45) is 10.6. The predicted octanol–water partition coefficient (Wildman–Crippen LogP) is 10.5. The molecule has 123 heavy (non-hydrogen) atoms. The maximum Gasteiger partial charge on any atom is 1.00 e. The van der Waals surface area contributed by atoms with Crippen molar-refractivity contribution in [3.8, 4) is 11.5 Å². The van der Waals surface area contributed by atoms with Gasteiger partial charge < -0.3 is 78.0 Å². The Balaban J connectivity index is 0.000000361. The van der Waals surface area contributed by atoms with Gasteiger partial charge in [0.15, 0.2) is 12.1 Å². The third kappa shape index (κ3) is 43.6. The van der Waals surface area contributed by atoms with Crippen LogP contribution in [-0.2, 0) is 307 Å². The molecule has 19 nitrogen and oxygen atoms in total. The molecule has 43 heteroatoms. The minimum atomic E-state index is -1.05. The van der Waals surface area contributed by atoms with Crippen LogP contribution in [0.3, 0.4) is 0 Å². The number of hydrogen-bond acceptors (Lipinski definition) is 21. The minimum Gasteiger partial charge on any atom is -1.00 e. The first-order valence-corrected chi connectivity index (χ1v) is 68.7. The summed E-state index contributed by atoms with van der Waals surface area (Å²) in [6, 6.07) is 34.2. The number of ketones is 1. The second-order valence-corrected chi connectivity index (χ2v) is 66.4. The SMILES string of the molecule is C.C1CCOC1.CC[C@H](C)[C@@H]1C[C@H]2O[C@@H]([C@@H](C)CC(=O)C[C@H](C)[C@@H](/C=C/C(=O)OCc3ccccc3)OCc3ccc(OC)cc3)[C@@H](O)C[C@H]2O1.CC[C@H](C)[C@@H]1C[C@H]2O[C@@H]3[C@H](C[C@H]2O1)OC1(C[C@@H]3C)C[C@H](C)[C@H](OCc2ccc(OC)cc2)C(O)O1.O=CCC(=O)OCc1ccccc1.S=S=S=S=S=S=S=S=S=S=S=S=S=S=S=S=S=S=S=S=S=S=S.[H-].[Na+]. The Morgan fingerprint density at radius 1 is 0.537 bits per heavy atom. The number of rotatable bonds is 26.